The van der Waals surface area contributed by atoms with E-state index >= 15 is 0 Å². The maximum Gasteiger partial charge on any atom is 0.266 e. The van der Waals surface area contributed by atoms with Crippen LogP contribution >= 0.6 is 24.0 Å². The van der Waals surface area contributed by atoms with Gasteiger partial charge in [-0.15, -0.1) is 0 Å². The van der Waals surface area contributed by atoms with Gasteiger partial charge in [0.05, 0.1) is 10.4 Å². The van der Waals surface area contributed by atoms with Crippen molar-refractivity contribution in [2.24, 2.45) is 0 Å². The second-order valence-electron chi connectivity index (χ2n) is 8.21. The molecule has 31 heavy (non-hydrogen) atoms. The number of hydrogen-bond donors (Lipinski definition) is 1. The van der Waals surface area contributed by atoms with Crippen LogP contribution in [0.5, 0.6) is 0 Å². The number of likely N-dealkylation sites (N-methyl/N-ethyl adjacent to an activating group) is 1. The highest BCUT2D eigenvalue weighted by Crippen LogP contribution is 2.35. The van der Waals surface area contributed by atoms with Crippen LogP contribution in [0.4, 0.5) is 0 Å². The predicted octanol–water partition coefficient (Wildman–Crippen LogP) is 4.87. The van der Waals surface area contributed by atoms with Gasteiger partial charge in [0.1, 0.15) is 10.9 Å². The van der Waals surface area contributed by atoms with Crippen LogP contribution in [0.15, 0.2) is 29.3 Å². The number of thioether (sulfide) groups is 1. The highest BCUT2D eigenvalue weighted by Gasteiger charge is 2.31. The third kappa shape index (κ3) is 4.58. The molecule has 164 valence electrons. The van der Waals surface area contributed by atoms with Crippen molar-refractivity contribution in [2.75, 3.05) is 6.54 Å². The van der Waals surface area contributed by atoms with Gasteiger partial charge in [-0.25, -0.2) is 0 Å². The first-order valence-corrected chi connectivity index (χ1v) is 12.4. The summed E-state index contributed by atoms with van der Waals surface area (Å²) in [6, 6.07) is 6.51. The quantitative estimate of drug-likeness (QED) is 0.499. The van der Waals surface area contributed by atoms with E-state index in [0.717, 1.165) is 35.7 Å². The summed E-state index contributed by atoms with van der Waals surface area (Å²) in [5.74, 6) is 0.0126. The van der Waals surface area contributed by atoms with Crippen molar-refractivity contribution in [2.45, 2.75) is 65.0 Å². The van der Waals surface area contributed by atoms with Gasteiger partial charge < -0.3 is 9.88 Å². The first-order valence-electron chi connectivity index (χ1n) is 11.2. The van der Waals surface area contributed by atoms with E-state index in [9.17, 15) is 9.59 Å². The number of para-hydroxylation sites is 1. The molecule has 7 heteroatoms. The maximum absolute atomic E-state index is 12.8. The monoisotopic (exact) mass is 455 g/mol. The van der Waals surface area contributed by atoms with Crippen molar-refractivity contribution in [3.05, 3.63) is 40.4 Å². The average molecular weight is 456 g/mol. The Kier molecular flexibility index (Phi) is 6.82. The first-order chi connectivity index (χ1) is 15.0. The van der Waals surface area contributed by atoms with Gasteiger partial charge in [0.2, 0.25) is 5.91 Å². The molecule has 2 amide bonds. The molecule has 1 aliphatic heterocycles. The zero-order chi connectivity index (χ0) is 22.0. The van der Waals surface area contributed by atoms with Crippen LogP contribution in [0.2, 0.25) is 0 Å². The van der Waals surface area contributed by atoms with Crippen LogP contribution in [0.1, 0.15) is 57.1 Å². The first kappa shape index (κ1) is 22.1. The third-order valence-electron chi connectivity index (χ3n) is 6.15. The summed E-state index contributed by atoms with van der Waals surface area (Å²) in [5.41, 5.74) is 3.22. The molecule has 0 bridgehead atoms. The number of nitrogens with one attached hydrogen (secondary N) is 1. The SMILES string of the molecule is CCc1cccc2c(/C=C3\SC(=S)N(CC)C3=O)cn(CC(=O)NC3CCCCC3)c12. The van der Waals surface area contributed by atoms with Gasteiger partial charge in [-0.2, -0.15) is 0 Å². The molecule has 1 aromatic heterocycles. The van der Waals surface area contributed by atoms with Gasteiger partial charge in [0.15, 0.2) is 0 Å². The summed E-state index contributed by atoms with van der Waals surface area (Å²) in [7, 11) is 0. The number of aryl methyl sites for hydroxylation is 1. The lowest BCUT2D eigenvalue weighted by atomic mass is 9.95. The van der Waals surface area contributed by atoms with Gasteiger partial charge in [-0.3, -0.25) is 14.5 Å². The molecule has 1 aliphatic carbocycles. The van der Waals surface area contributed by atoms with Crippen LogP contribution in [-0.2, 0) is 22.6 Å². The van der Waals surface area contributed by atoms with Crippen LogP contribution in [0, 0.1) is 0 Å². The number of benzene rings is 1. The number of aromatic nitrogens is 1. The second kappa shape index (κ2) is 9.57. The molecule has 1 saturated carbocycles. The summed E-state index contributed by atoms with van der Waals surface area (Å²) in [5, 5.41) is 4.28. The Bertz CT molecular complexity index is 1050. The molecule has 0 atom stereocenters. The normalized spacial score (nSPS) is 19.0. The highest BCUT2D eigenvalue weighted by molar-refractivity contribution is 8.26. The molecule has 0 unspecified atom stereocenters. The van der Waals surface area contributed by atoms with Crippen molar-refractivity contribution in [3.63, 3.8) is 0 Å². The average Bonchev–Trinajstić information content (AvgIpc) is 3.25. The van der Waals surface area contributed by atoms with E-state index in [1.54, 1.807) is 4.90 Å². The zero-order valence-corrected chi connectivity index (χ0v) is 19.8. The van der Waals surface area contributed by atoms with Crippen LogP contribution in [-0.4, -0.2) is 38.2 Å². The molecular formula is C24H29N3O2S2. The molecule has 1 saturated heterocycles. The van der Waals surface area contributed by atoms with Crippen LogP contribution in [0.25, 0.3) is 17.0 Å². The topological polar surface area (TPSA) is 54.3 Å². The summed E-state index contributed by atoms with van der Waals surface area (Å²) in [6.45, 7) is 4.91. The summed E-state index contributed by atoms with van der Waals surface area (Å²) in [4.78, 5) is 27.8. The third-order valence-corrected chi connectivity index (χ3v) is 7.53. The Balaban J connectivity index is 1.66. The van der Waals surface area contributed by atoms with Crippen molar-refractivity contribution >= 4 is 57.1 Å². The lowest BCUT2D eigenvalue weighted by Crippen LogP contribution is -2.38. The maximum atomic E-state index is 12.8. The minimum Gasteiger partial charge on any atom is -0.352 e. The smallest absolute Gasteiger partial charge is 0.266 e. The lowest BCUT2D eigenvalue weighted by Gasteiger charge is -2.23. The summed E-state index contributed by atoms with van der Waals surface area (Å²) < 4.78 is 2.64. The largest absolute Gasteiger partial charge is 0.352 e. The fourth-order valence-electron chi connectivity index (χ4n) is 4.58. The highest BCUT2D eigenvalue weighted by atomic mass is 32.2. The Morgan fingerprint density at radius 2 is 2.03 bits per heavy atom. The van der Waals surface area contributed by atoms with Gasteiger partial charge >= 0.3 is 0 Å². The Hall–Kier alpha value is -2.12. The Labute approximate surface area is 193 Å². The molecule has 1 N–H and O–H groups in total. The van der Waals surface area contributed by atoms with E-state index in [1.165, 1.54) is 36.6 Å². The van der Waals surface area contributed by atoms with Crippen molar-refractivity contribution in [1.82, 2.24) is 14.8 Å². The number of carbonyl (C=O) groups is 2. The van der Waals surface area contributed by atoms with Crippen molar-refractivity contribution in [3.8, 4) is 0 Å². The van der Waals surface area contributed by atoms with E-state index in [4.69, 9.17) is 12.2 Å². The van der Waals surface area contributed by atoms with Crippen molar-refractivity contribution < 1.29 is 9.59 Å². The molecule has 2 heterocycles. The van der Waals surface area contributed by atoms with Crippen molar-refractivity contribution in [1.29, 1.82) is 0 Å². The molecule has 2 aliphatic rings. The number of hydrogen-bond acceptors (Lipinski definition) is 4. The number of fused-ring (bicyclic) bond motifs is 1. The van der Waals surface area contributed by atoms with Gasteiger partial charge in [-0.1, -0.05) is 68.4 Å². The summed E-state index contributed by atoms with van der Waals surface area (Å²) in [6.07, 6.45) is 10.6. The lowest BCUT2D eigenvalue weighted by molar-refractivity contribution is -0.123. The molecule has 4 rings (SSSR count). The van der Waals surface area contributed by atoms with E-state index < -0.39 is 0 Å². The number of nitrogens with zero attached hydrogens (tertiary/aromatic N) is 2. The van der Waals surface area contributed by atoms with E-state index in [-0.39, 0.29) is 18.4 Å². The number of amides is 2. The van der Waals surface area contributed by atoms with Crippen LogP contribution < -0.4 is 5.32 Å². The minimum atomic E-state index is -0.0416. The van der Waals surface area contributed by atoms with Gasteiger partial charge in [0.25, 0.3) is 5.91 Å². The van der Waals surface area contributed by atoms with Gasteiger partial charge in [-0.05, 0) is 37.8 Å². The van der Waals surface area contributed by atoms with Gasteiger partial charge in [0, 0.05) is 29.7 Å². The second-order valence-corrected chi connectivity index (χ2v) is 9.88. The Morgan fingerprint density at radius 1 is 1.26 bits per heavy atom. The fourth-order valence-corrected chi connectivity index (χ4v) is 5.95. The van der Waals surface area contributed by atoms with E-state index in [2.05, 4.69) is 24.4 Å². The van der Waals surface area contributed by atoms with Crippen LogP contribution in [0.3, 0.4) is 0 Å². The Morgan fingerprint density at radius 3 is 2.71 bits per heavy atom. The molecular weight excluding hydrogens is 426 g/mol. The number of thiocarbonyl (C=S) groups is 1. The number of rotatable bonds is 6. The fraction of sp³-hybridized carbons (Fsp3) is 0.458. The van der Waals surface area contributed by atoms with E-state index in [0.29, 0.717) is 21.8 Å². The summed E-state index contributed by atoms with van der Waals surface area (Å²) >= 11 is 6.70. The zero-order valence-electron chi connectivity index (χ0n) is 18.1. The number of carbonyl (C=O) groups excluding carboxylic acids is 2. The minimum absolute atomic E-state index is 0.0416. The molecule has 0 radical (unpaired) electrons. The molecule has 5 nitrogen and oxygen atoms in total. The predicted molar refractivity (Wildman–Crippen MR) is 132 cm³/mol. The molecule has 1 aromatic carbocycles. The molecule has 0 spiro atoms. The van der Waals surface area contributed by atoms with E-state index in [1.807, 2.05) is 29.8 Å². The molecule has 2 aromatic rings. The standard InChI is InChI=1S/C24H29N3O2S2/c1-3-16-9-8-12-19-17(13-20-23(29)27(4-2)24(30)31-20)14-26(22(16)19)15-21(28)25-18-10-6-5-7-11-18/h8-9,12-14,18H,3-7,10-11,15H2,1-2H3,(H,25,28)/b20-13-. The molecule has 2 fully saturated rings.